The van der Waals surface area contributed by atoms with E-state index in [2.05, 4.69) is 94.5 Å². The molecule has 0 heterocycles. The molecule has 3 atom stereocenters. The highest BCUT2D eigenvalue weighted by molar-refractivity contribution is 6.74. The smallest absolute Gasteiger partial charge is 0.303 e. The van der Waals surface area contributed by atoms with Crippen LogP contribution in [0, 0.1) is 12.8 Å². The number of carbonyl (C=O) groups is 1. The molecule has 0 bridgehead atoms. The molecule has 0 fully saturated rings. The first-order chi connectivity index (χ1) is 20.3. The second-order valence-electron chi connectivity index (χ2n) is 13.4. The summed E-state index contributed by atoms with van der Waals surface area (Å²) in [6, 6.07) is 23.4. The van der Waals surface area contributed by atoms with Gasteiger partial charge in [-0.1, -0.05) is 82.3 Å². The van der Waals surface area contributed by atoms with Crippen LogP contribution in [0.1, 0.15) is 86.8 Å². The largest absolute Gasteiger partial charge is 0.496 e. The van der Waals surface area contributed by atoms with Gasteiger partial charge in [-0.2, -0.15) is 0 Å². The molecule has 0 aliphatic heterocycles. The number of carboxylic acids is 1. The molecule has 0 radical (unpaired) electrons. The van der Waals surface area contributed by atoms with Gasteiger partial charge in [0.25, 0.3) is 0 Å². The van der Waals surface area contributed by atoms with Crippen molar-refractivity contribution < 1.29 is 23.8 Å². The van der Waals surface area contributed by atoms with Gasteiger partial charge in [-0.3, -0.25) is 4.79 Å². The first kappa shape index (κ1) is 34.4. The topological polar surface area (TPSA) is 65.0 Å². The normalized spacial score (nSPS) is 14.2. The predicted molar refractivity (Wildman–Crippen MR) is 179 cm³/mol. The molecule has 0 amide bonds. The molecule has 3 unspecified atom stereocenters. The van der Waals surface area contributed by atoms with Crippen LogP contribution in [0.25, 0.3) is 0 Å². The summed E-state index contributed by atoms with van der Waals surface area (Å²) in [6.45, 7) is 15.5. The van der Waals surface area contributed by atoms with E-state index in [4.69, 9.17) is 13.9 Å². The average molecular weight is 605 g/mol. The molecule has 0 saturated heterocycles. The Morgan fingerprint density at radius 2 is 1.49 bits per heavy atom. The average Bonchev–Trinajstić information content (AvgIpc) is 2.95. The van der Waals surface area contributed by atoms with Crippen LogP contribution < -0.4 is 9.47 Å². The van der Waals surface area contributed by atoms with Crippen LogP contribution in [0.3, 0.4) is 0 Å². The molecule has 0 aliphatic rings. The lowest BCUT2D eigenvalue weighted by Crippen LogP contribution is -2.43. The summed E-state index contributed by atoms with van der Waals surface area (Å²) in [7, 11) is 1.21. The van der Waals surface area contributed by atoms with Gasteiger partial charge in [-0.05, 0) is 97.0 Å². The van der Waals surface area contributed by atoms with Crippen LogP contribution in [-0.2, 0) is 22.1 Å². The molecule has 0 saturated carbocycles. The molecule has 6 heteroatoms. The van der Waals surface area contributed by atoms with E-state index in [0.29, 0.717) is 0 Å². The highest BCUT2D eigenvalue weighted by atomic mass is 28.4. The van der Waals surface area contributed by atoms with Crippen molar-refractivity contribution in [2.75, 3.05) is 14.2 Å². The van der Waals surface area contributed by atoms with Crippen LogP contribution in [0.2, 0.25) is 18.1 Å². The van der Waals surface area contributed by atoms with Crippen LogP contribution in [-0.4, -0.2) is 33.6 Å². The van der Waals surface area contributed by atoms with Crippen molar-refractivity contribution >= 4 is 14.3 Å². The van der Waals surface area contributed by atoms with Gasteiger partial charge in [-0.25, -0.2) is 0 Å². The van der Waals surface area contributed by atoms with Gasteiger partial charge in [0.05, 0.1) is 26.7 Å². The fourth-order valence-corrected chi connectivity index (χ4v) is 6.80. The maximum Gasteiger partial charge on any atom is 0.303 e. The Hall–Kier alpha value is -3.09. The van der Waals surface area contributed by atoms with Gasteiger partial charge in [0.2, 0.25) is 0 Å². The first-order valence-electron chi connectivity index (χ1n) is 15.5. The fraction of sp³-hybridized carbons (Fsp3) is 0.486. The van der Waals surface area contributed by atoms with Gasteiger partial charge in [0.15, 0.2) is 8.32 Å². The Labute approximate surface area is 260 Å². The van der Waals surface area contributed by atoms with Gasteiger partial charge in [-0.15, -0.1) is 0 Å². The molecule has 3 aromatic carbocycles. The van der Waals surface area contributed by atoms with Gasteiger partial charge < -0.3 is 19.0 Å². The van der Waals surface area contributed by atoms with E-state index >= 15 is 0 Å². The molecule has 234 valence electrons. The lowest BCUT2D eigenvalue weighted by atomic mass is 9.84. The minimum atomic E-state index is -2.20. The van der Waals surface area contributed by atoms with Gasteiger partial charge in [0, 0.05) is 5.56 Å². The van der Waals surface area contributed by atoms with Crippen LogP contribution in [0.5, 0.6) is 11.5 Å². The molecular formula is C37H52O5Si. The number of benzene rings is 3. The Kier molecular flexibility index (Phi) is 12.1. The van der Waals surface area contributed by atoms with Crippen molar-refractivity contribution in [1.29, 1.82) is 0 Å². The standard InChI is InChI=1S/C37H52O5Si/c1-26(21-35(38)39)30-19-14-18-29(22-30)23-31(20-13-17-28-15-11-10-12-16-28)36(42-43(8,9)37(3,4)5)32-24-33(40-6)27(2)34(25-32)41-7/h10-12,14-16,18-19,22,24-26,31,36H,13,17,20-21,23H2,1-9H3,(H,38,39). The number of hydrogen-bond acceptors (Lipinski definition) is 4. The molecule has 3 rings (SSSR count). The Morgan fingerprint density at radius 3 is 2.05 bits per heavy atom. The second-order valence-corrected chi connectivity index (χ2v) is 18.2. The zero-order chi connectivity index (χ0) is 31.8. The summed E-state index contributed by atoms with van der Waals surface area (Å²) in [5, 5.41) is 9.43. The SMILES string of the molecule is COc1cc(C(O[Si](C)(C)C(C)(C)C)C(CCCc2ccccc2)Cc2cccc(C(C)CC(=O)O)c2)cc(OC)c1C. The van der Waals surface area contributed by atoms with E-state index in [1.165, 1.54) is 11.1 Å². The summed E-state index contributed by atoms with van der Waals surface area (Å²) >= 11 is 0. The molecule has 5 nitrogen and oxygen atoms in total. The zero-order valence-electron chi connectivity index (χ0n) is 27.7. The third-order valence-corrected chi connectivity index (χ3v) is 13.6. The van der Waals surface area contributed by atoms with Crippen molar-refractivity contribution in [3.05, 3.63) is 94.5 Å². The molecule has 0 spiro atoms. The van der Waals surface area contributed by atoms with Crippen LogP contribution in [0.15, 0.2) is 66.7 Å². The first-order valence-corrected chi connectivity index (χ1v) is 18.4. The number of aryl methyl sites for hydroxylation is 1. The van der Waals surface area contributed by atoms with Crippen LogP contribution >= 0.6 is 0 Å². The third-order valence-electron chi connectivity index (χ3n) is 9.14. The highest BCUT2D eigenvalue weighted by Crippen LogP contribution is 2.45. The van der Waals surface area contributed by atoms with E-state index in [-0.39, 0.29) is 29.4 Å². The Balaban J connectivity index is 2.09. The molecular weight excluding hydrogens is 552 g/mol. The summed E-state index contributed by atoms with van der Waals surface area (Å²) in [6.07, 6.45) is 3.77. The maximum absolute atomic E-state index is 11.4. The summed E-state index contributed by atoms with van der Waals surface area (Å²) in [4.78, 5) is 11.4. The van der Waals surface area contributed by atoms with Gasteiger partial charge >= 0.3 is 5.97 Å². The summed E-state index contributed by atoms with van der Waals surface area (Å²) in [5.41, 5.74) is 5.65. The quantitative estimate of drug-likeness (QED) is 0.175. The lowest BCUT2D eigenvalue weighted by Gasteiger charge is -2.42. The molecule has 43 heavy (non-hydrogen) atoms. The number of carboxylic acid groups (broad SMARTS) is 1. The maximum atomic E-state index is 11.4. The van der Waals surface area contributed by atoms with E-state index < -0.39 is 14.3 Å². The zero-order valence-corrected chi connectivity index (χ0v) is 28.7. The minimum Gasteiger partial charge on any atom is -0.496 e. The number of ether oxygens (including phenoxy) is 2. The van der Waals surface area contributed by atoms with Crippen molar-refractivity contribution in [2.24, 2.45) is 5.92 Å². The van der Waals surface area contributed by atoms with E-state index in [1.54, 1.807) is 14.2 Å². The highest BCUT2D eigenvalue weighted by Gasteiger charge is 2.41. The van der Waals surface area contributed by atoms with Crippen molar-refractivity contribution in [2.45, 2.75) is 96.9 Å². The van der Waals surface area contributed by atoms with Crippen LogP contribution in [0.4, 0.5) is 0 Å². The summed E-state index contributed by atoms with van der Waals surface area (Å²) in [5.74, 6) is 0.942. The molecule has 1 N–H and O–H groups in total. The monoisotopic (exact) mass is 604 g/mol. The molecule has 0 aromatic heterocycles. The molecule has 3 aromatic rings. The van der Waals surface area contributed by atoms with Gasteiger partial charge in [0.1, 0.15) is 11.5 Å². The predicted octanol–water partition coefficient (Wildman–Crippen LogP) is 9.54. The summed E-state index contributed by atoms with van der Waals surface area (Å²) < 4.78 is 19.0. The second kappa shape index (κ2) is 15.1. The number of methoxy groups -OCH3 is 2. The fourth-order valence-electron chi connectivity index (χ4n) is 5.48. The van der Waals surface area contributed by atoms with Crippen molar-refractivity contribution in [3.8, 4) is 11.5 Å². The third kappa shape index (κ3) is 9.44. The Morgan fingerprint density at radius 1 is 0.884 bits per heavy atom. The van der Waals surface area contributed by atoms with E-state index in [9.17, 15) is 9.90 Å². The van der Waals surface area contributed by atoms with E-state index in [1.807, 2.05) is 19.9 Å². The van der Waals surface area contributed by atoms with Crippen molar-refractivity contribution in [3.63, 3.8) is 0 Å². The number of aliphatic carboxylic acids is 1. The number of rotatable bonds is 15. The lowest BCUT2D eigenvalue weighted by molar-refractivity contribution is -0.137. The minimum absolute atomic E-state index is 0.0326. The van der Waals surface area contributed by atoms with Crippen molar-refractivity contribution in [1.82, 2.24) is 0 Å². The molecule has 0 aliphatic carbocycles. The Bertz CT molecular complexity index is 1300. The number of hydrogen-bond donors (Lipinski definition) is 1. The van der Waals surface area contributed by atoms with E-state index in [0.717, 1.165) is 53.9 Å².